The summed E-state index contributed by atoms with van der Waals surface area (Å²) in [4.78, 5) is 10.8. The van der Waals surface area contributed by atoms with E-state index >= 15 is 0 Å². The number of carbonyl (C=O) groups is 1. The van der Waals surface area contributed by atoms with Crippen LogP contribution in [0.4, 0.5) is 0 Å². The number of aromatic carboxylic acids is 1. The van der Waals surface area contributed by atoms with Crippen molar-refractivity contribution in [3.63, 3.8) is 0 Å². The quantitative estimate of drug-likeness (QED) is 0.798. The minimum absolute atomic E-state index is 0.0580. The van der Waals surface area contributed by atoms with Gasteiger partial charge in [0.25, 0.3) is 0 Å². The third kappa shape index (κ3) is 1.60. The van der Waals surface area contributed by atoms with Crippen molar-refractivity contribution in [1.82, 2.24) is 0 Å². The molecule has 0 saturated heterocycles. The number of aryl methyl sites for hydroxylation is 1. The first-order valence-electron chi connectivity index (χ1n) is 5.37. The number of furan rings is 1. The molecule has 0 radical (unpaired) electrons. The van der Waals surface area contributed by atoms with Gasteiger partial charge >= 0.3 is 0 Å². The van der Waals surface area contributed by atoms with Crippen LogP contribution < -0.4 is 14.6 Å². The highest BCUT2D eigenvalue weighted by Crippen LogP contribution is 2.36. The number of rotatable bonds is 2. The maximum atomic E-state index is 10.8. The molecule has 0 spiro atoms. The number of carboxylic acids is 1. The van der Waals surface area contributed by atoms with E-state index in [0.29, 0.717) is 23.0 Å². The number of carbonyl (C=O) groups excluding carboxylic acids is 1. The lowest BCUT2D eigenvalue weighted by atomic mass is 10.1. The zero-order valence-corrected chi connectivity index (χ0v) is 9.56. The van der Waals surface area contributed by atoms with Gasteiger partial charge in [0, 0.05) is 11.1 Å². The van der Waals surface area contributed by atoms with Crippen molar-refractivity contribution in [2.45, 2.75) is 6.92 Å². The topological polar surface area (TPSA) is 71.7 Å². The molecule has 1 aromatic heterocycles. The number of carboxylic acid groups (broad SMARTS) is 1. The van der Waals surface area contributed by atoms with Crippen molar-refractivity contribution < 1.29 is 23.8 Å². The molecule has 1 aromatic carbocycles. The maximum Gasteiger partial charge on any atom is 0.231 e. The van der Waals surface area contributed by atoms with Crippen molar-refractivity contribution >= 4 is 5.97 Å². The summed E-state index contributed by atoms with van der Waals surface area (Å²) in [5.74, 6) is 0.828. The summed E-state index contributed by atoms with van der Waals surface area (Å²) in [5, 5.41) is 10.8. The lowest BCUT2D eigenvalue weighted by molar-refractivity contribution is -0.255. The van der Waals surface area contributed by atoms with Crippen LogP contribution in [0, 0.1) is 6.92 Å². The first-order chi connectivity index (χ1) is 8.65. The molecular weight excluding hydrogens is 236 g/mol. The molecule has 0 bridgehead atoms. The van der Waals surface area contributed by atoms with Crippen LogP contribution in [0.25, 0.3) is 11.3 Å². The molecule has 0 aliphatic carbocycles. The van der Waals surface area contributed by atoms with Gasteiger partial charge in [0.1, 0.15) is 11.5 Å². The van der Waals surface area contributed by atoms with Gasteiger partial charge in [-0.1, -0.05) is 0 Å². The van der Waals surface area contributed by atoms with Gasteiger partial charge in [0.2, 0.25) is 6.79 Å². The molecule has 92 valence electrons. The fourth-order valence-electron chi connectivity index (χ4n) is 1.88. The molecule has 5 heteroatoms. The van der Waals surface area contributed by atoms with Gasteiger partial charge in [0.05, 0.1) is 5.97 Å². The molecule has 0 saturated carbocycles. The Morgan fingerprint density at radius 2 is 2.00 bits per heavy atom. The van der Waals surface area contributed by atoms with Gasteiger partial charge in [-0.3, -0.25) is 0 Å². The highest BCUT2D eigenvalue weighted by Gasteiger charge is 2.16. The predicted octanol–water partition coefficient (Wildman–Crippen LogP) is 1.35. The number of fused-ring (bicyclic) bond motifs is 1. The van der Waals surface area contributed by atoms with E-state index in [4.69, 9.17) is 13.9 Å². The van der Waals surface area contributed by atoms with E-state index in [2.05, 4.69) is 0 Å². The van der Waals surface area contributed by atoms with Gasteiger partial charge in [-0.2, -0.15) is 0 Å². The van der Waals surface area contributed by atoms with Crippen LogP contribution in [0.15, 0.2) is 28.7 Å². The summed E-state index contributed by atoms with van der Waals surface area (Å²) in [7, 11) is 0. The molecule has 1 aliphatic rings. The predicted molar refractivity (Wildman–Crippen MR) is 59.3 cm³/mol. The second kappa shape index (κ2) is 3.80. The van der Waals surface area contributed by atoms with E-state index in [9.17, 15) is 9.90 Å². The Morgan fingerprint density at radius 3 is 2.72 bits per heavy atom. The van der Waals surface area contributed by atoms with E-state index < -0.39 is 5.97 Å². The highest BCUT2D eigenvalue weighted by molar-refractivity contribution is 5.88. The molecule has 5 nitrogen and oxygen atoms in total. The Morgan fingerprint density at radius 1 is 1.22 bits per heavy atom. The highest BCUT2D eigenvalue weighted by atomic mass is 16.7. The Kier molecular flexibility index (Phi) is 2.26. The molecule has 0 N–H and O–H groups in total. The van der Waals surface area contributed by atoms with E-state index in [1.807, 2.05) is 0 Å². The summed E-state index contributed by atoms with van der Waals surface area (Å²) >= 11 is 0. The standard InChI is InChI=1S/C13H10O5/c1-7-9(13(14)15)5-11(18-7)8-2-3-10-12(4-8)17-6-16-10/h2-5H,6H2,1H3,(H,14,15)/p-1. The molecule has 0 fully saturated rings. The van der Waals surface area contributed by atoms with Crippen LogP contribution in [0.2, 0.25) is 0 Å². The third-order valence-electron chi connectivity index (χ3n) is 2.79. The second-order valence-corrected chi connectivity index (χ2v) is 3.94. The largest absolute Gasteiger partial charge is 0.545 e. The summed E-state index contributed by atoms with van der Waals surface area (Å²) in [6.07, 6.45) is 0. The minimum atomic E-state index is -1.25. The molecule has 0 atom stereocenters. The summed E-state index contributed by atoms with van der Waals surface area (Å²) in [6, 6.07) is 6.74. The molecule has 1 aliphatic heterocycles. The average Bonchev–Trinajstić information content (AvgIpc) is 2.93. The van der Waals surface area contributed by atoms with E-state index in [-0.39, 0.29) is 12.4 Å². The first-order valence-corrected chi connectivity index (χ1v) is 5.37. The van der Waals surface area contributed by atoms with Gasteiger partial charge in [-0.15, -0.1) is 0 Å². The van der Waals surface area contributed by atoms with Crippen LogP contribution in [-0.4, -0.2) is 12.8 Å². The zero-order chi connectivity index (χ0) is 12.7. The summed E-state index contributed by atoms with van der Waals surface area (Å²) in [5.41, 5.74) is 0.789. The maximum absolute atomic E-state index is 10.8. The third-order valence-corrected chi connectivity index (χ3v) is 2.79. The fourth-order valence-corrected chi connectivity index (χ4v) is 1.88. The SMILES string of the molecule is Cc1oc(-c2ccc3c(c2)OCO3)cc1C(=O)[O-]. The lowest BCUT2D eigenvalue weighted by Crippen LogP contribution is -2.22. The molecule has 2 heterocycles. The summed E-state index contributed by atoms with van der Waals surface area (Å²) in [6.45, 7) is 1.78. The normalized spacial score (nSPS) is 12.7. The fraction of sp³-hybridized carbons (Fsp3) is 0.154. The van der Waals surface area contributed by atoms with Crippen molar-refractivity contribution in [2.24, 2.45) is 0 Å². The van der Waals surface area contributed by atoms with Gasteiger partial charge < -0.3 is 23.8 Å². The Labute approximate surface area is 103 Å². The Balaban J connectivity index is 2.05. The average molecular weight is 245 g/mol. The van der Waals surface area contributed by atoms with Gasteiger partial charge in [-0.25, -0.2) is 0 Å². The van der Waals surface area contributed by atoms with E-state index in [1.165, 1.54) is 6.07 Å². The van der Waals surface area contributed by atoms with Gasteiger partial charge in [0.15, 0.2) is 11.5 Å². The lowest BCUT2D eigenvalue weighted by Gasteiger charge is -1.99. The molecule has 0 unspecified atom stereocenters. The molecule has 18 heavy (non-hydrogen) atoms. The van der Waals surface area contributed by atoms with Crippen molar-refractivity contribution in [1.29, 1.82) is 0 Å². The number of hydrogen-bond acceptors (Lipinski definition) is 5. The Bertz CT molecular complexity index is 626. The minimum Gasteiger partial charge on any atom is -0.545 e. The van der Waals surface area contributed by atoms with Crippen molar-refractivity contribution in [3.8, 4) is 22.8 Å². The molecular formula is C13H9O5-. The van der Waals surface area contributed by atoms with Crippen LogP contribution in [0.5, 0.6) is 11.5 Å². The first kappa shape index (κ1) is 10.7. The number of benzene rings is 1. The van der Waals surface area contributed by atoms with Crippen LogP contribution in [0.1, 0.15) is 16.1 Å². The summed E-state index contributed by atoms with van der Waals surface area (Å²) < 4.78 is 15.9. The monoisotopic (exact) mass is 245 g/mol. The zero-order valence-electron chi connectivity index (χ0n) is 9.56. The van der Waals surface area contributed by atoms with Crippen molar-refractivity contribution in [3.05, 3.63) is 35.6 Å². The van der Waals surface area contributed by atoms with Gasteiger partial charge in [-0.05, 0) is 31.2 Å². The smallest absolute Gasteiger partial charge is 0.231 e. The number of hydrogen-bond donors (Lipinski definition) is 0. The van der Waals surface area contributed by atoms with Crippen LogP contribution >= 0.6 is 0 Å². The van der Waals surface area contributed by atoms with E-state index in [1.54, 1.807) is 25.1 Å². The molecule has 3 rings (SSSR count). The van der Waals surface area contributed by atoms with Crippen LogP contribution in [0.3, 0.4) is 0 Å². The van der Waals surface area contributed by atoms with Crippen molar-refractivity contribution in [2.75, 3.05) is 6.79 Å². The Hall–Kier alpha value is -2.43. The van der Waals surface area contributed by atoms with Crippen LogP contribution in [-0.2, 0) is 0 Å². The second-order valence-electron chi connectivity index (χ2n) is 3.94. The van der Waals surface area contributed by atoms with E-state index in [0.717, 1.165) is 5.56 Å². The molecule has 2 aromatic rings. The number of ether oxygens (including phenoxy) is 2. The molecule has 0 amide bonds.